The number of benzene rings is 1. The van der Waals surface area contributed by atoms with E-state index in [0.29, 0.717) is 47.9 Å². The number of ketones is 1. The number of carbonyl (C=O) groups excluding carboxylic acids is 2. The van der Waals surface area contributed by atoms with Gasteiger partial charge in [-0.25, -0.2) is 4.79 Å². The van der Waals surface area contributed by atoms with Gasteiger partial charge in [0.05, 0.1) is 31.1 Å². The number of allylic oxidation sites excluding steroid dienone is 2. The normalized spacial score (nSPS) is 20.7. The Kier molecular flexibility index (Phi) is 7.01. The van der Waals surface area contributed by atoms with Gasteiger partial charge in [-0.15, -0.1) is 0 Å². The van der Waals surface area contributed by atoms with E-state index in [9.17, 15) is 9.59 Å². The minimum Gasteiger partial charge on any atom is -0.463 e. The zero-order valence-corrected chi connectivity index (χ0v) is 18.5. The zero-order valence-electron chi connectivity index (χ0n) is 17.7. The third-order valence-corrected chi connectivity index (χ3v) is 5.55. The van der Waals surface area contributed by atoms with Gasteiger partial charge in [0.1, 0.15) is 0 Å². The Morgan fingerprint density at radius 1 is 1.33 bits per heavy atom. The molecular formula is C23H29ClN2O4. The molecule has 0 aromatic heterocycles. The minimum absolute atomic E-state index is 0.0300. The van der Waals surface area contributed by atoms with Crippen molar-refractivity contribution in [3.63, 3.8) is 0 Å². The predicted molar refractivity (Wildman–Crippen MR) is 116 cm³/mol. The summed E-state index contributed by atoms with van der Waals surface area (Å²) >= 11 is 6.26. The maximum absolute atomic E-state index is 13.3. The SMILES string of the molecule is CCOC(=O)C1=C(COCCN)NC2=C(C(=O)CC(C)(C)C2)C1c1cccc(Cl)c1. The highest BCUT2D eigenvalue weighted by Gasteiger charge is 2.43. The highest BCUT2D eigenvalue weighted by atomic mass is 35.5. The molecule has 3 N–H and O–H groups in total. The Hall–Kier alpha value is -2.15. The van der Waals surface area contributed by atoms with Crippen LogP contribution in [0.5, 0.6) is 0 Å². The van der Waals surface area contributed by atoms with Crippen molar-refractivity contribution in [2.45, 2.75) is 39.5 Å². The lowest BCUT2D eigenvalue weighted by Gasteiger charge is -2.40. The Morgan fingerprint density at radius 3 is 2.77 bits per heavy atom. The molecule has 0 fully saturated rings. The third-order valence-electron chi connectivity index (χ3n) is 5.31. The number of ether oxygens (including phenoxy) is 2. The molecule has 0 amide bonds. The van der Waals surface area contributed by atoms with Crippen LogP contribution in [0.25, 0.3) is 0 Å². The summed E-state index contributed by atoms with van der Waals surface area (Å²) in [6, 6.07) is 7.28. The van der Waals surface area contributed by atoms with Gasteiger partial charge in [0.2, 0.25) is 0 Å². The van der Waals surface area contributed by atoms with E-state index < -0.39 is 11.9 Å². The first kappa shape index (κ1) is 22.5. The van der Waals surface area contributed by atoms with Crippen molar-refractivity contribution in [3.8, 4) is 0 Å². The van der Waals surface area contributed by atoms with Gasteiger partial charge in [-0.3, -0.25) is 4.79 Å². The molecule has 30 heavy (non-hydrogen) atoms. The summed E-state index contributed by atoms with van der Waals surface area (Å²) in [5.74, 6) is -0.993. The molecular weight excluding hydrogens is 404 g/mol. The number of hydrogen-bond donors (Lipinski definition) is 2. The maximum Gasteiger partial charge on any atom is 0.336 e. The molecule has 7 heteroatoms. The van der Waals surface area contributed by atoms with Crippen LogP contribution >= 0.6 is 11.6 Å². The monoisotopic (exact) mass is 432 g/mol. The van der Waals surface area contributed by atoms with Gasteiger partial charge in [0.25, 0.3) is 0 Å². The average molecular weight is 433 g/mol. The number of rotatable bonds is 7. The van der Waals surface area contributed by atoms with E-state index in [1.54, 1.807) is 19.1 Å². The molecule has 0 saturated carbocycles. The fourth-order valence-corrected chi connectivity index (χ4v) is 4.39. The van der Waals surface area contributed by atoms with Crippen molar-refractivity contribution in [2.24, 2.45) is 11.1 Å². The molecule has 1 aromatic rings. The van der Waals surface area contributed by atoms with Crippen LogP contribution in [0, 0.1) is 5.41 Å². The Balaban J connectivity index is 2.18. The fraction of sp³-hybridized carbons (Fsp3) is 0.478. The second-order valence-electron chi connectivity index (χ2n) is 8.40. The second-order valence-corrected chi connectivity index (χ2v) is 8.84. The quantitative estimate of drug-likeness (QED) is 0.506. The summed E-state index contributed by atoms with van der Waals surface area (Å²) in [7, 11) is 0. The molecule has 1 atom stereocenters. The van der Waals surface area contributed by atoms with E-state index in [1.807, 2.05) is 12.1 Å². The van der Waals surface area contributed by atoms with Crippen LogP contribution in [-0.2, 0) is 19.1 Å². The van der Waals surface area contributed by atoms with Crippen LogP contribution in [0.1, 0.15) is 45.1 Å². The molecule has 0 radical (unpaired) electrons. The van der Waals surface area contributed by atoms with Gasteiger partial charge in [0.15, 0.2) is 5.78 Å². The second kappa shape index (κ2) is 9.33. The van der Waals surface area contributed by atoms with Gasteiger partial charge >= 0.3 is 5.97 Å². The van der Waals surface area contributed by atoms with Crippen molar-refractivity contribution in [2.75, 3.05) is 26.4 Å². The maximum atomic E-state index is 13.3. The number of nitrogens with one attached hydrogen (secondary N) is 1. The van der Waals surface area contributed by atoms with Crippen LogP contribution in [-0.4, -0.2) is 38.1 Å². The van der Waals surface area contributed by atoms with Gasteiger partial charge in [-0.2, -0.15) is 0 Å². The molecule has 0 spiro atoms. The van der Waals surface area contributed by atoms with Crippen LogP contribution in [0.3, 0.4) is 0 Å². The lowest BCUT2D eigenvalue weighted by Crippen LogP contribution is -2.40. The lowest BCUT2D eigenvalue weighted by atomic mass is 9.68. The summed E-state index contributed by atoms with van der Waals surface area (Å²) in [5, 5.41) is 3.89. The largest absolute Gasteiger partial charge is 0.463 e. The average Bonchev–Trinajstić information content (AvgIpc) is 2.66. The van der Waals surface area contributed by atoms with E-state index in [0.717, 1.165) is 11.3 Å². The van der Waals surface area contributed by atoms with E-state index in [2.05, 4.69) is 19.2 Å². The third kappa shape index (κ3) is 4.77. The molecule has 1 unspecified atom stereocenters. The fourth-order valence-electron chi connectivity index (χ4n) is 4.19. The number of halogens is 1. The van der Waals surface area contributed by atoms with Crippen LogP contribution < -0.4 is 11.1 Å². The van der Waals surface area contributed by atoms with Crippen LogP contribution in [0.15, 0.2) is 46.8 Å². The standard InChI is InChI=1S/C23H29ClN2O4/c1-4-30-22(28)21-17(13-29-9-8-25)26-16-11-23(2,3)12-18(27)20(16)19(21)14-6-5-7-15(24)10-14/h5-7,10,19,26H,4,8-9,11-13,25H2,1-3H3. The highest BCUT2D eigenvalue weighted by Crippen LogP contribution is 2.47. The lowest BCUT2D eigenvalue weighted by molar-refractivity contribution is -0.139. The summed E-state index contributed by atoms with van der Waals surface area (Å²) in [5.41, 5.74) is 8.61. The van der Waals surface area contributed by atoms with Gasteiger partial charge in [-0.1, -0.05) is 37.6 Å². The Bertz CT molecular complexity index is 904. The number of nitrogens with two attached hydrogens (primary N) is 1. The number of dihydropyridines is 1. The van der Waals surface area contributed by atoms with Crippen molar-refractivity contribution in [1.82, 2.24) is 5.32 Å². The number of esters is 1. The summed E-state index contributed by atoms with van der Waals surface area (Å²) in [4.78, 5) is 26.3. The van der Waals surface area contributed by atoms with Crippen LogP contribution in [0.4, 0.5) is 0 Å². The number of hydrogen-bond acceptors (Lipinski definition) is 6. The molecule has 1 aliphatic carbocycles. The molecule has 3 rings (SSSR count). The molecule has 6 nitrogen and oxygen atoms in total. The molecule has 162 valence electrons. The van der Waals surface area contributed by atoms with E-state index in [1.165, 1.54) is 0 Å². The first-order valence-electron chi connectivity index (χ1n) is 10.2. The molecule has 1 heterocycles. The van der Waals surface area contributed by atoms with Gasteiger partial charge in [-0.05, 0) is 36.5 Å². The van der Waals surface area contributed by atoms with Crippen molar-refractivity contribution < 1.29 is 19.1 Å². The van der Waals surface area contributed by atoms with E-state index >= 15 is 0 Å². The Morgan fingerprint density at radius 2 is 2.10 bits per heavy atom. The number of Topliss-reactive ketones (excluding diaryl/α,β-unsaturated/α-hetero) is 1. The molecule has 2 aliphatic rings. The first-order valence-corrected chi connectivity index (χ1v) is 10.6. The van der Waals surface area contributed by atoms with Crippen LogP contribution in [0.2, 0.25) is 5.02 Å². The van der Waals surface area contributed by atoms with Crippen molar-refractivity contribution >= 4 is 23.4 Å². The van der Waals surface area contributed by atoms with E-state index in [4.69, 9.17) is 26.8 Å². The minimum atomic E-state index is -0.556. The Labute approximate surface area is 182 Å². The van der Waals surface area contributed by atoms with Gasteiger partial charge in [0, 0.05) is 35.2 Å². The topological polar surface area (TPSA) is 90.7 Å². The smallest absolute Gasteiger partial charge is 0.336 e. The zero-order chi connectivity index (χ0) is 21.9. The molecule has 1 aromatic carbocycles. The molecule has 1 aliphatic heterocycles. The summed E-state index contributed by atoms with van der Waals surface area (Å²) in [6.07, 6.45) is 1.11. The molecule has 0 bridgehead atoms. The summed E-state index contributed by atoms with van der Waals surface area (Å²) in [6.45, 7) is 7.04. The van der Waals surface area contributed by atoms with Crippen molar-refractivity contribution in [3.05, 3.63) is 57.4 Å². The molecule has 0 saturated heterocycles. The first-order chi connectivity index (χ1) is 14.3. The highest BCUT2D eigenvalue weighted by molar-refractivity contribution is 6.30. The van der Waals surface area contributed by atoms with Crippen molar-refractivity contribution in [1.29, 1.82) is 0 Å². The van der Waals surface area contributed by atoms with E-state index in [-0.39, 0.29) is 24.4 Å². The predicted octanol–water partition coefficient (Wildman–Crippen LogP) is 3.46. The summed E-state index contributed by atoms with van der Waals surface area (Å²) < 4.78 is 11.0. The van der Waals surface area contributed by atoms with Gasteiger partial charge < -0.3 is 20.5 Å². The number of carbonyl (C=O) groups is 2.